The van der Waals surface area contributed by atoms with Gasteiger partial charge >= 0.3 is 0 Å². The van der Waals surface area contributed by atoms with Crippen LogP contribution in [0.25, 0.3) is 130 Å². The Hall–Kier alpha value is -7.22. The Kier molecular flexibility index (Phi) is 5.69. The summed E-state index contributed by atoms with van der Waals surface area (Å²) in [6.45, 7) is 0. The van der Waals surface area contributed by atoms with Crippen LogP contribution < -0.4 is 0 Å². The van der Waals surface area contributed by atoms with Crippen molar-refractivity contribution in [2.75, 3.05) is 0 Å². The van der Waals surface area contributed by atoms with E-state index >= 15 is 0 Å². The molecular weight excluding hydrogens is 665 g/mol. The minimum atomic E-state index is 0.899. The first-order valence-electron chi connectivity index (χ1n) is 19.1. The Balaban J connectivity index is 1.25. The Morgan fingerprint density at radius 1 is 0.273 bits per heavy atom. The van der Waals surface area contributed by atoms with Gasteiger partial charge in [-0.2, -0.15) is 0 Å². The van der Waals surface area contributed by atoms with Gasteiger partial charge in [0.15, 0.2) is 0 Å². The average molecular weight is 695 g/mol. The van der Waals surface area contributed by atoms with Gasteiger partial charge in [0, 0.05) is 16.2 Å². The second-order valence-electron chi connectivity index (χ2n) is 15.1. The molecule has 55 heavy (non-hydrogen) atoms. The Labute approximate surface area is 315 Å². The molecule has 0 spiro atoms. The molecule has 0 aliphatic rings. The van der Waals surface area contributed by atoms with Crippen molar-refractivity contribution < 1.29 is 4.42 Å². The summed E-state index contributed by atoms with van der Waals surface area (Å²) < 4.78 is 7.10. The van der Waals surface area contributed by atoms with E-state index in [1.165, 1.54) is 97.5 Å². The van der Waals surface area contributed by atoms with Crippen LogP contribution in [0.4, 0.5) is 0 Å². The van der Waals surface area contributed by atoms with Crippen molar-refractivity contribution in [2.45, 2.75) is 0 Å². The molecule has 0 saturated carbocycles. The summed E-state index contributed by atoms with van der Waals surface area (Å²) in [6.07, 6.45) is 0. The number of hydrogen-bond donors (Lipinski definition) is 0. The molecule has 0 atom stereocenters. The van der Waals surface area contributed by atoms with E-state index in [-0.39, 0.29) is 0 Å². The predicted octanol–water partition coefficient (Wildman–Crippen LogP) is 15.6. The number of fused-ring (bicyclic) bond motifs is 11. The van der Waals surface area contributed by atoms with Crippen molar-refractivity contribution in [3.8, 4) is 22.3 Å². The number of benzene rings is 12. The molecule has 13 rings (SSSR count). The van der Waals surface area contributed by atoms with E-state index in [1.54, 1.807) is 0 Å². The highest BCUT2D eigenvalue weighted by Gasteiger charge is 2.23. The molecular formula is C54H30O. The summed E-state index contributed by atoms with van der Waals surface area (Å²) in [6, 6.07) is 67.5. The third-order valence-corrected chi connectivity index (χ3v) is 12.3. The van der Waals surface area contributed by atoms with E-state index in [0.29, 0.717) is 0 Å². The van der Waals surface area contributed by atoms with Gasteiger partial charge in [-0.15, -0.1) is 0 Å². The van der Waals surface area contributed by atoms with Gasteiger partial charge in [-0.05, 0) is 127 Å². The van der Waals surface area contributed by atoms with Crippen molar-refractivity contribution in [2.24, 2.45) is 0 Å². The second-order valence-corrected chi connectivity index (χ2v) is 15.1. The fourth-order valence-corrected chi connectivity index (χ4v) is 9.90. The molecule has 0 amide bonds. The van der Waals surface area contributed by atoms with Crippen LogP contribution in [0.5, 0.6) is 0 Å². The summed E-state index contributed by atoms with van der Waals surface area (Å²) in [7, 11) is 0. The van der Waals surface area contributed by atoms with E-state index in [9.17, 15) is 0 Å². The van der Waals surface area contributed by atoms with E-state index in [0.717, 1.165) is 32.9 Å². The Morgan fingerprint density at radius 3 is 1.65 bits per heavy atom. The van der Waals surface area contributed by atoms with Crippen LogP contribution in [0, 0.1) is 0 Å². The number of furan rings is 1. The van der Waals surface area contributed by atoms with Crippen molar-refractivity contribution in [3.05, 3.63) is 182 Å². The van der Waals surface area contributed by atoms with E-state index in [2.05, 4.69) is 182 Å². The largest absolute Gasteiger partial charge is 0.455 e. The van der Waals surface area contributed by atoms with Gasteiger partial charge < -0.3 is 4.42 Å². The Morgan fingerprint density at radius 2 is 0.836 bits per heavy atom. The maximum absolute atomic E-state index is 7.10. The van der Waals surface area contributed by atoms with Gasteiger partial charge in [0.2, 0.25) is 0 Å². The highest BCUT2D eigenvalue weighted by atomic mass is 16.3. The summed E-state index contributed by atoms with van der Waals surface area (Å²) in [5.41, 5.74) is 6.62. The van der Waals surface area contributed by atoms with Gasteiger partial charge in [-0.1, -0.05) is 158 Å². The van der Waals surface area contributed by atoms with Gasteiger partial charge in [0.05, 0.1) is 0 Å². The zero-order valence-electron chi connectivity index (χ0n) is 29.7. The van der Waals surface area contributed by atoms with Crippen molar-refractivity contribution >= 4 is 108 Å². The minimum Gasteiger partial charge on any atom is -0.455 e. The van der Waals surface area contributed by atoms with Crippen molar-refractivity contribution in [1.29, 1.82) is 0 Å². The standard InChI is InChI=1S/C54H30O/c1-4-13-39-31(8-1)20-25-44-46(39)28-37-19-16-32-9-2-5-14-41(32)51(37)53(44)47-29-38(30-48-52(47)45-27-21-33-10-3-6-15-42(33)54(45)55-48)40-24-22-36-18-17-34-11-7-12-35-23-26-43(40)50(36)49(34)35/h1-30H. The SMILES string of the molecule is c1ccc2c(c1)ccc1c(-c3cc(-c4ccc5ccc6cccc7ccc4c5c67)cc4oc5c6ccccc6ccc5c34)c3c(ccc4ccccc43)cc12. The lowest BCUT2D eigenvalue weighted by Crippen LogP contribution is -1.91. The molecule has 0 saturated heterocycles. The van der Waals surface area contributed by atoms with Crippen LogP contribution in [0.2, 0.25) is 0 Å². The van der Waals surface area contributed by atoms with Gasteiger partial charge in [0.25, 0.3) is 0 Å². The van der Waals surface area contributed by atoms with Crippen LogP contribution >= 0.6 is 0 Å². The first-order chi connectivity index (χ1) is 27.3. The van der Waals surface area contributed by atoms with Gasteiger partial charge in [-0.3, -0.25) is 0 Å². The zero-order chi connectivity index (χ0) is 35.8. The molecule has 13 aromatic rings. The van der Waals surface area contributed by atoms with Crippen LogP contribution in [0.15, 0.2) is 186 Å². The van der Waals surface area contributed by atoms with Crippen molar-refractivity contribution in [3.63, 3.8) is 0 Å². The molecule has 0 radical (unpaired) electrons. The highest BCUT2D eigenvalue weighted by Crippen LogP contribution is 2.49. The molecule has 0 unspecified atom stereocenters. The highest BCUT2D eigenvalue weighted by molar-refractivity contribution is 6.31. The smallest absolute Gasteiger partial charge is 0.143 e. The molecule has 0 fully saturated rings. The molecule has 12 aromatic carbocycles. The summed E-state index contributed by atoms with van der Waals surface area (Å²) in [4.78, 5) is 0. The lowest BCUT2D eigenvalue weighted by atomic mass is 9.84. The van der Waals surface area contributed by atoms with Crippen LogP contribution in [-0.4, -0.2) is 0 Å². The average Bonchev–Trinajstić information content (AvgIpc) is 3.64. The van der Waals surface area contributed by atoms with Gasteiger partial charge in [-0.25, -0.2) is 0 Å². The zero-order valence-corrected chi connectivity index (χ0v) is 29.7. The maximum Gasteiger partial charge on any atom is 0.143 e. The monoisotopic (exact) mass is 694 g/mol. The molecule has 1 nitrogen and oxygen atoms in total. The Bertz CT molecular complexity index is 3750. The predicted molar refractivity (Wildman–Crippen MR) is 236 cm³/mol. The fourth-order valence-electron chi connectivity index (χ4n) is 9.90. The second kappa shape index (κ2) is 10.7. The lowest BCUT2D eigenvalue weighted by Gasteiger charge is -2.18. The normalized spacial score (nSPS) is 12.4. The summed E-state index contributed by atoms with van der Waals surface area (Å²) in [5, 5.41) is 22.3. The van der Waals surface area contributed by atoms with Crippen molar-refractivity contribution in [1.82, 2.24) is 0 Å². The third-order valence-electron chi connectivity index (χ3n) is 12.3. The van der Waals surface area contributed by atoms with E-state index < -0.39 is 0 Å². The third kappa shape index (κ3) is 3.97. The molecule has 0 aliphatic carbocycles. The molecule has 0 bridgehead atoms. The number of rotatable bonds is 2. The van der Waals surface area contributed by atoms with Crippen LogP contribution in [0.3, 0.4) is 0 Å². The van der Waals surface area contributed by atoms with Crippen LogP contribution in [0.1, 0.15) is 0 Å². The lowest BCUT2D eigenvalue weighted by molar-refractivity contribution is 0.673. The molecule has 252 valence electrons. The molecule has 1 heteroatoms. The number of hydrogen-bond acceptors (Lipinski definition) is 1. The summed E-state index contributed by atoms with van der Waals surface area (Å²) >= 11 is 0. The fraction of sp³-hybridized carbons (Fsp3) is 0. The molecule has 1 heterocycles. The molecule has 1 aromatic heterocycles. The first-order valence-corrected chi connectivity index (χ1v) is 19.1. The summed E-state index contributed by atoms with van der Waals surface area (Å²) in [5.74, 6) is 0. The first kappa shape index (κ1) is 29.3. The molecule has 0 N–H and O–H groups in total. The minimum absolute atomic E-state index is 0.899. The van der Waals surface area contributed by atoms with Crippen LogP contribution in [-0.2, 0) is 0 Å². The molecule has 0 aliphatic heterocycles. The van der Waals surface area contributed by atoms with Gasteiger partial charge in [0.1, 0.15) is 11.2 Å². The maximum atomic E-state index is 7.10. The van der Waals surface area contributed by atoms with E-state index in [1.807, 2.05) is 0 Å². The quantitative estimate of drug-likeness (QED) is 0.130. The topological polar surface area (TPSA) is 13.1 Å². The van der Waals surface area contributed by atoms with E-state index in [4.69, 9.17) is 4.42 Å².